The van der Waals surface area contributed by atoms with Gasteiger partial charge in [-0.15, -0.1) is 4.99 Å². The predicted octanol–water partition coefficient (Wildman–Crippen LogP) is 4.20. The van der Waals surface area contributed by atoms with E-state index >= 15 is 0 Å². The second kappa shape index (κ2) is 13.8. The molecule has 5 aromatic rings. The van der Waals surface area contributed by atoms with Crippen molar-refractivity contribution in [3.8, 4) is 28.6 Å². The van der Waals surface area contributed by atoms with Crippen molar-refractivity contribution in [2.45, 2.75) is 6.42 Å². The number of rotatable bonds is 5. The van der Waals surface area contributed by atoms with Crippen LogP contribution < -0.4 is 5.73 Å². The number of nitrogen functional groups attached to an aromatic ring is 1. The van der Waals surface area contributed by atoms with E-state index in [1.165, 1.54) is 18.5 Å². The van der Waals surface area contributed by atoms with Crippen molar-refractivity contribution < 1.29 is 18.6 Å². The lowest BCUT2D eigenvalue weighted by Crippen LogP contribution is -1.96. The zero-order valence-electron chi connectivity index (χ0n) is 19.1. The summed E-state index contributed by atoms with van der Waals surface area (Å²) in [5.74, 6) is 0.309. The average Bonchev–Trinajstić information content (AvgIpc) is 3.61. The predicted molar refractivity (Wildman–Crippen MR) is 130 cm³/mol. The third kappa shape index (κ3) is 8.18. The summed E-state index contributed by atoms with van der Waals surface area (Å²) in [6, 6.07) is 15.5. The van der Waals surface area contributed by atoms with Crippen molar-refractivity contribution in [3.63, 3.8) is 0 Å². The molecule has 0 radical (unpaired) electrons. The molecule has 0 unspecified atom stereocenters. The minimum absolute atomic E-state index is 0.0655. The number of nitriles is 1. The SMILES string of the molecule is N#CCC(=O)c1ccncc1.Nc1cc(-c2ccncc2)no1.O=C=Nc1cc(-c2ccncc2)no1. The molecule has 0 saturated carbocycles. The summed E-state index contributed by atoms with van der Waals surface area (Å²) in [5.41, 5.74) is 9.07. The van der Waals surface area contributed by atoms with Gasteiger partial charge in [-0.2, -0.15) is 5.26 Å². The van der Waals surface area contributed by atoms with E-state index in [2.05, 4.69) is 30.3 Å². The maximum atomic E-state index is 11.0. The quantitative estimate of drug-likeness (QED) is 0.209. The standard InChI is InChI=1S/C9H5N3O2.C8H7N3O.C8H6N2O/c13-6-11-9-5-8(12-14-9)7-1-3-10-4-2-7;9-8-5-7(11-12-8)6-1-3-10-4-2-6;9-4-1-8(11)7-2-5-10-6-3-7/h1-5H;1-5H,9H2;2-3,5-6H,1H2. The summed E-state index contributed by atoms with van der Waals surface area (Å²) in [6.07, 6.45) is 11.1. The molecule has 0 aliphatic heterocycles. The van der Waals surface area contributed by atoms with Crippen LogP contribution in [0.15, 0.2) is 99.8 Å². The lowest BCUT2D eigenvalue weighted by molar-refractivity contribution is 0.0997. The van der Waals surface area contributed by atoms with Crippen LogP contribution in [0.5, 0.6) is 0 Å². The van der Waals surface area contributed by atoms with Gasteiger partial charge in [-0.1, -0.05) is 10.3 Å². The fourth-order valence-corrected chi connectivity index (χ4v) is 2.68. The second-order valence-electron chi connectivity index (χ2n) is 6.83. The van der Waals surface area contributed by atoms with Gasteiger partial charge in [0.15, 0.2) is 5.78 Å². The minimum atomic E-state index is -0.157. The summed E-state index contributed by atoms with van der Waals surface area (Å²) in [7, 11) is 0. The number of isocyanates is 1. The summed E-state index contributed by atoms with van der Waals surface area (Å²) in [5, 5.41) is 15.7. The van der Waals surface area contributed by atoms with Crippen LogP contribution in [0, 0.1) is 11.3 Å². The molecule has 12 heteroatoms. The molecule has 0 atom stereocenters. The van der Waals surface area contributed by atoms with E-state index in [4.69, 9.17) is 20.0 Å². The Hall–Kier alpha value is -5.79. The lowest BCUT2D eigenvalue weighted by atomic mass is 10.1. The summed E-state index contributed by atoms with van der Waals surface area (Å²) >= 11 is 0. The fraction of sp³-hybridized carbons (Fsp3) is 0.0400. The molecular weight excluding hydrogens is 476 g/mol. The number of anilines is 1. The molecule has 12 nitrogen and oxygen atoms in total. The van der Waals surface area contributed by atoms with Gasteiger partial charge in [0.05, 0.1) is 12.5 Å². The zero-order chi connectivity index (χ0) is 26.3. The topological polar surface area (TPSA) is 187 Å². The van der Waals surface area contributed by atoms with Crippen LogP contribution in [0.25, 0.3) is 22.5 Å². The molecule has 5 aromatic heterocycles. The Morgan fingerprint density at radius 2 is 1.35 bits per heavy atom. The van der Waals surface area contributed by atoms with E-state index < -0.39 is 0 Å². The number of carbonyl (C=O) groups excluding carboxylic acids is 2. The van der Waals surface area contributed by atoms with E-state index in [1.807, 2.05) is 12.1 Å². The van der Waals surface area contributed by atoms with Crippen molar-refractivity contribution in [1.82, 2.24) is 25.3 Å². The third-order valence-electron chi connectivity index (χ3n) is 4.38. The summed E-state index contributed by atoms with van der Waals surface area (Å²) in [4.78, 5) is 35.7. The molecule has 37 heavy (non-hydrogen) atoms. The normalized spacial score (nSPS) is 9.38. The molecule has 0 aromatic carbocycles. The van der Waals surface area contributed by atoms with Gasteiger partial charge in [0, 0.05) is 66.0 Å². The molecule has 5 heterocycles. The number of pyridine rings is 3. The van der Waals surface area contributed by atoms with Crippen LogP contribution in [-0.4, -0.2) is 37.1 Å². The van der Waals surface area contributed by atoms with Gasteiger partial charge in [0.1, 0.15) is 11.4 Å². The van der Waals surface area contributed by atoms with Crippen molar-refractivity contribution in [2.75, 3.05) is 5.73 Å². The molecule has 5 rings (SSSR count). The highest BCUT2D eigenvalue weighted by Gasteiger charge is 2.05. The van der Waals surface area contributed by atoms with E-state index in [9.17, 15) is 9.59 Å². The second-order valence-corrected chi connectivity index (χ2v) is 6.83. The Morgan fingerprint density at radius 3 is 1.84 bits per heavy atom. The molecule has 0 aliphatic carbocycles. The third-order valence-corrected chi connectivity index (χ3v) is 4.38. The Balaban J connectivity index is 0.000000156. The van der Waals surface area contributed by atoms with Crippen LogP contribution in [-0.2, 0) is 4.79 Å². The molecule has 0 amide bonds. The van der Waals surface area contributed by atoms with Gasteiger partial charge in [0.2, 0.25) is 12.0 Å². The van der Waals surface area contributed by atoms with Crippen molar-refractivity contribution in [1.29, 1.82) is 5.26 Å². The van der Waals surface area contributed by atoms with Crippen LogP contribution in [0.1, 0.15) is 16.8 Å². The van der Waals surface area contributed by atoms with E-state index in [0.717, 1.165) is 16.8 Å². The van der Waals surface area contributed by atoms with Gasteiger partial charge in [-0.3, -0.25) is 19.7 Å². The Kier molecular flexibility index (Phi) is 9.64. The first kappa shape index (κ1) is 25.8. The van der Waals surface area contributed by atoms with Crippen LogP contribution in [0.3, 0.4) is 0 Å². The largest absolute Gasteiger partial charge is 0.368 e. The van der Waals surface area contributed by atoms with Gasteiger partial charge < -0.3 is 14.8 Å². The first-order chi connectivity index (χ1) is 18.1. The smallest absolute Gasteiger partial charge is 0.261 e. The minimum Gasteiger partial charge on any atom is -0.368 e. The van der Waals surface area contributed by atoms with Gasteiger partial charge in [-0.25, -0.2) is 4.79 Å². The van der Waals surface area contributed by atoms with Gasteiger partial charge in [0.25, 0.3) is 5.88 Å². The van der Waals surface area contributed by atoms with Gasteiger partial charge in [-0.05, 0) is 36.4 Å². The Morgan fingerprint density at radius 1 is 0.838 bits per heavy atom. The Labute approximate surface area is 210 Å². The van der Waals surface area contributed by atoms with Crippen LogP contribution in [0.4, 0.5) is 11.8 Å². The molecule has 2 N–H and O–H groups in total. The number of aromatic nitrogens is 5. The number of aliphatic imine (C=N–C) groups is 1. The van der Waals surface area contributed by atoms with E-state index in [1.54, 1.807) is 67.3 Å². The number of carbonyl (C=O) groups is 1. The monoisotopic (exact) mass is 494 g/mol. The first-order valence-electron chi connectivity index (χ1n) is 10.5. The van der Waals surface area contributed by atoms with Crippen molar-refractivity contribution in [3.05, 3.63) is 91.3 Å². The van der Waals surface area contributed by atoms with Crippen molar-refractivity contribution >= 4 is 23.6 Å². The van der Waals surface area contributed by atoms with Gasteiger partial charge >= 0.3 is 0 Å². The van der Waals surface area contributed by atoms with Crippen molar-refractivity contribution in [2.24, 2.45) is 4.99 Å². The maximum Gasteiger partial charge on any atom is 0.261 e. The highest BCUT2D eigenvalue weighted by molar-refractivity contribution is 5.97. The van der Waals surface area contributed by atoms with Crippen LogP contribution >= 0.6 is 0 Å². The number of nitrogens with two attached hydrogens (primary N) is 1. The summed E-state index contributed by atoms with van der Waals surface area (Å²) in [6.45, 7) is 0. The highest BCUT2D eigenvalue weighted by atomic mass is 16.5. The Bertz CT molecular complexity index is 1490. The molecule has 0 saturated heterocycles. The molecular formula is C25H18N8O4. The number of Topliss-reactive ketones (excluding diaryl/α,β-unsaturated/α-hetero) is 1. The van der Waals surface area contributed by atoms with Crippen LogP contribution in [0.2, 0.25) is 0 Å². The number of ketones is 1. The number of hydrogen-bond acceptors (Lipinski definition) is 12. The molecule has 0 spiro atoms. The highest BCUT2D eigenvalue weighted by Crippen LogP contribution is 2.22. The number of hydrogen-bond donors (Lipinski definition) is 1. The van der Waals surface area contributed by atoms with E-state index in [0.29, 0.717) is 17.1 Å². The zero-order valence-corrected chi connectivity index (χ0v) is 19.1. The molecule has 0 bridgehead atoms. The summed E-state index contributed by atoms with van der Waals surface area (Å²) < 4.78 is 9.49. The number of nitrogens with zero attached hydrogens (tertiary/aromatic N) is 7. The average molecular weight is 494 g/mol. The molecule has 0 aliphatic rings. The fourth-order valence-electron chi connectivity index (χ4n) is 2.68. The first-order valence-corrected chi connectivity index (χ1v) is 10.5. The molecule has 182 valence electrons. The molecule has 0 fully saturated rings. The maximum absolute atomic E-state index is 11.0. The lowest BCUT2D eigenvalue weighted by Gasteiger charge is -1.92. The van der Waals surface area contributed by atoms with E-state index in [-0.39, 0.29) is 18.1 Å².